The van der Waals surface area contributed by atoms with E-state index in [9.17, 15) is 4.79 Å². The number of fused-ring (bicyclic) bond motifs is 2. The second-order valence-electron chi connectivity index (χ2n) is 7.14. The van der Waals surface area contributed by atoms with Gasteiger partial charge in [-0.3, -0.25) is 0 Å². The molecule has 0 spiro atoms. The fraction of sp³-hybridized carbons (Fsp3) is 0.227. The van der Waals surface area contributed by atoms with Crippen molar-refractivity contribution in [1.29, 1.82) is 0 Å². The average Bonchev–Trinajstić information content (AvgIpc) is 2.97. The summed E-state index contributed by atoms with van der Waals surface area (Å²) in [6, 6.07) is 16.6. The second kappa shape index (κ2) is 6.78. The summed E-state index contributed by atoms with van der Waals surface area (Å²) >= 11 is 6.20. The number of para-hydroxylation sites is 1. The van der Waals surface area contributed by atoms with Gasteiger partial charge in [-0.1, -0.05) is 48.0 Å². The van der Waals surface area contributed by atoms with Crippen molar-refractivity contribution in [2.75, 3.05) is 6.61 Å². The van der Waals surface area contributed by atoms with Crippen LogP contribution in [0.4, 0.5) is 0 Å². The van der Waals surface area contributed by atoms with E-state index in [2.05, 4.69) is 0 Å². The minimum atomic E-state index is -0.489. The molecule has 138 valence electrons. The van der Waals surface area contributed by atoms with Crippen LogP contribution in [0.25, 0.3) is 10.8 Å². The highest BCUT2D eigenvalue weighted by Gasteiger charge is 2.32. The third kappa shape index (κ3) is 3.58. The topological polar surface area (TPSA) is 44.8 Å². The van der Waals surface area contributed by atoms with Crippen LogP contribution in [0, 0.1) is 0 Å². The first-order chi connectivity index (χ1) is 12.9. The van der Waals surface area contributed by atoms with Crippen LogP contribution in [-0.4, -0.2) is 18.2 Å². The van der Waals surface area contributed by atoms with Gasteiger partial charge in [-0.25, -0.2) is 4.79 Å². The van der Waals surface area contributed by atoms with E-state index in [0.29, 0.717) is 22.3 Å². The van der Waals surface area contributed by atoms with Gasteiger partial charge in [0.1, 0.15) is 11.4 Å². The first-order valence-corrected chi connectivity index (χ1v) is 9.12. The molecular formula is C22H19ClO4. The molecule has 5 heteroatoms. The Labute approximate surface area is 162 Å². The molecular weight excluding hydrogens is 364 g/mol. The van der Waals surface area contributed by atoms with Crippen LogP contribution >= 0.6 is 11.6 Å². The van der Waals surface area contributed by atoms with Gasteiger partial charge in [-0.05, 0) is 32.0 Å². The molecule has 3 aromatic carbocycles. The molecule has 0 aliphatic carbocycles. The van der Waals surface area contributed by atoms with Crippen molar-refractivity contribution in [3.63, 3.8) is 0 Å². The van der Waals surface area contributed by atoms with Gasteiger partial charge in [0.05, 0.1) is 0 Å². The maximum absolute atomic E-state index is 12.3. The van der Waals surface area contributed by atoms with Gasteiger partial charge in [0, 0.05) is 27.8 Å². The van der Waals surface area contributed by atoms with Crippen LogP contribution < -0.4 is 14.2 Å². The van der Waals surface area contributed by atoms with Gasteiger partial charge in [0.2, 0.25) is 0 Å². The highest BCUT2D eigenvalue weighted by Crippen LogP contribution is 2.41. The van der Waals surface area contributed by atoms with E-state index < -0.39 is 5.97 Å². The quantitative estimate of drug-likeness (QED) is 0.460. The zero-order chi connectivity index (χ0) is 19.0. The fourth-order valence-corrected chi connectivity index (χ4v) is 3.54. The average molecular weight is 383 g/mol. The maximum Gasteiger partial charge on any atom is 0.349 e. The first-order valence-electron chi connectivity index (χ1n) is 8.75. The van der Waals surface area contributed by atoms with E-state index in [0.717, 1.165) is 22.8 Å². The van der Waals surface area contributed by atoms with Gasteiger partial charge in [-0.15, -0.1) is 0 Å². The smallest absolute Gasteiger partial charge is 0.349 e. The predicted octanol–water partition coefficient (Wildman–Crippen LogP) is 5.19. The Morgan fingerprint density at radius 2 is 1.81 bits per heavy atom. The Morgan fingerprint density at radius 3 is 2.63 bits per heavy atom. The monoisotopic (exact) mass is 382 g/mol. The number of benzene rings is 3. The highest BCUT2D eigenvalue weighted by atomic mass is 35.5. The normalized spacial score (nSPS) is 14.5. The minimum absolute atomic E-state index is 0.211. The van der Waals surface area contributed by atoms with Gasteiger partial charge in [0.25, 0.3) is 0 Å². The van der Waals surface area contributed by atoms with Crippen molar-refractivity contribution in [3.8, 4) is 17.2 Å². The molecule has 0 atom stereocenters. The van der Waals surface area contributed by atoms with Gasteiger partial charge < -0.3 is 14.2 Å². The summed E-state index contributed by atoms with van der Waals surface area (Å²) in [4.78, 5) is 12.3. The molecule has 4 rings (SSSR count). The molecule has 1 aliphatic rings. The van der Waals surface area contributed by atoms with Crippen molar-refractivity contribution in [2.24, 2.45) is 0 Å². The third-order valence-electron chi connectivity index (χ3n) is 4.46. The van der Waals surface area contributed by atoms with E-state index in [1.165, 1.54) is 0 Å². The summed E-state index contributed by atoms with van der Waals surface area (Å²) in [5, 5.41) is 2.23. The zero-order valence-electron chi connectivity index (χ0n) is 15.1. The molecule has 27 heavy (non-hydrogen) atoms. The number of hydrogen-bond donors (Lipinski definition) is 0. The van der Waals surface area contributed by atoms with Crippen LogP contribution in [0.1, 0.15) is 19.4 Å². The Hall–Kier alpha value is -2.72. The Morgan fingerprint density at radius 1 is 1.04 bits per heavy atom. The van der Waals surface area contributed by atoms with Crippen molar-refractivity contribution < 1.29 is 19.0 Å². The highest BCUT2D eigenvalue weighted by molar-refractivity contribution is 6.35. The molecule has 3 aromatic rings. The van der Waals surface area contributed by atoms with Crippen molar-refractivity contribution in [2.45, 2.75) is 25.9 Å². The predicted molar refractivity (Wildman–Crippen MR) is 105 cm³/mol. The number of carbonyl (C=O) groups excluding carboxylic acids is 1. The summed E-state index contributed by atoms with van der Waals surface area (Å²) < 4.78 is 17.1. The molecule has 0 amide bonds. The number of ether oxygens (including phenoxy) is 3. The third-order valence-corrected chi connectivity index (χ3v) is 4.78. The van der Waals surface area contributed by atoms with Crippen molar-refractivity contribution in [3.05, 3.63) is 65.2 Å². The fourth-order valence-electron chi connectivity index (χ4n) is 3.31. The van der Waals surface area contributed by atoms with Crippen LogP contribution in [0.3, 0.4) is 0 Å². The zero-order valence-corrected chi connectivity index (χ0v) is 15.9. The van der Waals surface area contributed by atoms with Crippen LogP contribution in [0.15, 0.2) is 54.6 Å². The summed E-state index contributed by atoms with van der Waals surface area (Å²) in [6.45, 7) is 3.84. The maximum atomic E-state index is 12.3. The molecule has 0 unspecified atom stereocenters. The summed E-state index contributed by atoms with van der Waals surface area (Å²) in [5.74, 6) is 1.22. The van der Waals surface area contributed by atoms with Gasteiger partial charge >= 0.3 is 5.97 Å². The molecule has 1 aliphatic heterocycles. The molecule has 0 bridgehead atoms. The van der Waals surface area contributed by atoms with E-state index in [1.54, 1.807) is 18.2 Å². The number of rotatable bonds is 4. The van der Waals surface area contributed by atoms with E-state index in [4.69, 9.17) is 25.8 Å². The molecule has 0 saturated heterocycles. The lowest BCUT2D eigenvalue weighted by Crippen LogP contribution is -2.25. The van der Waals surface area contributed by atoms with E-state index in [-0.39, 0.29) is 12.2 Å². The number of esters is 1. The standard InChI is InChI=1S/C22H19ClO4/c1-22(2)12-14-6-5-9-19(21(14)27-22)25-13-20(24)26-18-11-10-17(23)15-7-3-4-8-16(15)18/h3-11H,12-13H2,1-2H3. The van der Waals surface area contributed by atoms with Crippen LogP contribution in [0.5, 0.6) is 17.2 Å². The number of hydrogen-bond acceptors (Lipinski definition) is 4. The Balaban J connectivity index is 1.48. The molecule has 1 heterocycles. The molecule has 0 N–H and O–H groups in total. The largest absolute Gasteiger partial charge is 0.483 e. The molecule has 0 fully saturated rings. The first kappa shape index (κ1) is 17.7. The van der Waals surface area contributed by atoms with E-state index >= 15 is 0 Å². The molecule has 0 radical (unpaired) electrons. The number of carbonyl (C=O) groups is 1. The molecule has 0 saturated carbocycles. The SMILES string of the molecule is CC1(C)Cc2cccc(OCC(=O)Oc3ccc(Cl)c4ccccc34)c2O1. The molecule has 4 nitrogen and oxygen atoms in total. The van der Waals surface area contributed by atoms with E-state index in [1.807, 2.05) is 50.2 Å². The van der Waals surface area contributed by atoms with Gasteiger partial charge in [-0.2, -0.15) is 0 Å². The van der Waals surface area contributed by atoms with Crippen LogP contribution in [0.2, 0.25) is 5.02 Å². The minimum Gasteiger partial charge on any atom is -0.483 e. The van der Waals surface area contributed by atoms with Crippen LogP contribution in [-0.2, 0) is 11.2 Å². The van der Waals surface area contributed by atoms with Gasteiger partial charge in [0.15, 0.2) is 18.1 Å². The van der Waals surface area contributed by atoms with Crippen molar-refractivity contribution >= 4 is 28.3 Å². The Kier molecular flexibility index (Phi) is 4.44. The molecule has 0 aromatic heterocycles. The summed E-state index contributed by atoms with van der Waals surface area (Å²) in [5.41, 5.74) is 0.805. The lowest BCUT2D eigenvalue weighted by molar-refractivity contribution is -0.136. The summed E-state index contributed by atoms with van der Waals surface area (Å²) in [6.07, 6.45) is 0.806. The number of halogens is 1. The lowest BCUT2D eigenvalue weighted by Gasteiger charge is -2.18. The lowest BCUT2D eigenvalue weighted by atomic mass is 10.0. The summed E-state index contributed by atoms with van der Waals surface area (Å²) in [7, 11) is 0. The second-order valence-corrected chi connectivity index (χ2v) is 7.54. The Bertz CT molecular complexity index is 1030. The van der Waals surface area contributed by atoms with Crippen molar-refractivity contribution in [1.82, 2.24) is 0 Å².